The first kappa shape index (κ1) is 11.8. The molecule has 1 N–H and O–H groups in total. The van der Waals surface area contributed by atoms with E-state index >= 15 is 0 Å². The van der Waals surface area contributed by atoms with E-state index < -0.39 is 0 Å². The number of fused-ring (bicyclic) bond motifs is 1. The molecule has 0 radical (unpaired) electrons. The molecule has 4 rings (SSSR count). The summed E-state index contributed by atoms with van der Waals surface area (Å²) in [6, 6.07) is 0.577. The Morgan fingerprint density at radius 3 is 3.05 bits per heavy atom. The van der Waals surface area contributed by atoms with Gasteiger partial charge in [0.1, 0.15) is 11.5 Å². The van der Waals surface area contributed by atoms with Crippen LogP contribution in [0.3, 0.4) is 0 Å². The summed E-state index contributed by atoms with van der Waals surface area (Å²) in [7, 11) is 1.89. The molecule has 0 bridgehead atoms. The van der Waals surface area contributed by atoms with Gasteiger partial charge in [0.15, 0.2) is 5.82 Å². The molecule has 6 heteroatoms. The predicted octanol–water partition coefficient (Wildman–Crippen LogP) is 1.79. The Kier molecular flexibility index (Phi) is 2.70. The van der Waals surface area contributed by atoms with Gasteiger partial charge in [-0.2, -0.15) is 0 Å². The number of anilines is 1. The fourth-order valence-electron chi connectivity index (χ4n) is 2.67. The molecule has 1 aliphatic heterocycles. The summed E-state index contributed by atoms with van der Waals surface area (Å²) >= 11 is 0. The molecule has 0 saturated heterocycles. The van der Waals surface area contributed by atoms with Crippen LogP contribution in [-0.4, -0.2) is 33.2 Å². The number of hydrogen-bond acceptors (Lipinski definition) is 5. The van der Waals surface area contributed by atoms with Crippen molar-refractivity contribution in [2.75, 3.05) is 19.0 Å². The van der Waals surface area contributed by atoms with Gasteiger partial charge in [0.25, 0.3) is 0 Å². The minimum absolute atomic E-state index is 0.577. The van der Waals surface area contributed by atoms with Gasteiger partial charge in [-0.3, -0.25) is 0 Å². The first-order valence-electron chi connectivity index (χ1n) is 7.04. The summed E-state index contributed by atoms with van der Waals surface area (Å²) in [5.74, 6) is 1.63. The Labute approximate surface area is 117 Å². The standard InChI is InChI=1S/C14H17N5O/c1-15-13-10-7-20-5-4-11(10)17-14(18-13)12-6-16-8-19(12)9-2-3-9/h6,8-9H,2-5,7H2,1H3,(H,15,17,18). The Balaban J connectivity index is 1.83. The van der Waals surface area contributed by atoms with Crippen LogP contribution in [-0.2, 0) is 17.8 Å². The largest absolute Gasteiger partial charge is 0.376 e. The maximum absolute atomic E-state index is 5.50. The lowest BCUT2D eigenvalue weighted by atomic mass is 10.1. The third-order valence-electron chi connectivity index (χ3n) is 3.89. The third kappa shape index (κ3) is 1.87. The molecule has 0 atom stereocenters. The number of hydrogen-bond donors (Lipinski definition) is 1. The van der Waals surface area contributed by atoms with Crippen molar-refractivity contribution >= 4 is 5.82 Å². The monoisotopic (exact) mass is 271 g/mol. The minimum Gasteiger partial charge on any atom is -0.376 e. The van der Waals surface area contributed by atoms with Crippen LogP contribution in [0.15, 0.2) is 12.5 Å². The Hall–Kier alpha value is -1.95. The highest BCUT2D eigenvalue weighted by atomic mass is 16.5. The van der Waals surface area contributed by atoms with Gasteiger partial charge in [0, 0.05) is 25.1 Å². The maximum Gasteiger partial charge on any atom is 0.180 e. The second kappa shape index (κ2) is 4.56. The number of nitrogens with zero attached hydrogens (tertiary/aromatic N) is 4. The molecular formula is C14H17N5O. The molecule has 2 aromatic rings. The number of rotatable bonds is 3. The lowest BCUT2D eigenvalue weighted by Gasteiger charge is -2.19. The highest BCUT2D eigenvalue weighted by Gasteiger charge is 2.27. The van der Waals surface area contributed by atoms with Gasteiger partial charge in [0.2, 0.25) is 0 Å². The Morgan fingerprint density at radius 2 is 2.25 bits per heavy atom. The van der Waals surface area contributed by atoms with Gasteiger partial charge in [0.05, 0.1) is 31.4 Å². The van der Waals surface area contributed by atoms with Crippen LogP contribution in [0.2, 0.25) is 0 Å². The van der Waals surface area contributed by atoms with Gasteiger partial charge >= 0.3 is 0 Å². The van der Waals surface area contributed by atoms with Crippen molar-refractivity contribution in [3.63, 3.8) is 0 Å². The topological polar surface area (TPSA) is 64.9 Å². The molecular weight excluding hydrogens is 254 g/mol. The molecule has 3 heterocycles. The summed E-state index contributed by atoms with van der Waals surface area (Å²) < 4.78 is 7.70. The summed E-state index contributed by atoms with van der Waals surface area (Å²) in [4.78, 5) is 13.7. The fraction of sp³-hybridized carbons (Fsp3) is 0.500. The van der Waals surface area contributed by atoms with Gasteiger partial charge < -0.3 is 14.6 Å². The van der Waals surface area contributed by atoms with E-state index in [2.05, 4.69) is 19.9 Å². The number of ether oxygens (including phenoxy) is 1. The molecule has 1 fully saturated rings. The molecule has 0 unspecified atom stereocenters. The zero-order chi connectivity index (χ0) is 13.5. The van der Waals surface area contributed by atoms with E-state index in [1.54, 1.807) is 0 Å². The van der Waals surface area contributed by atoms with Gasteiger partial charge in [-0.25, -0.2) is 15.0 Å². The van der Waals surface area contributed by atoms with E-state index in [-0.39, 0.29) is 0 Å². The molecule has 2 aliphatic rings. The van der Waals surface area contributed by atoms with Crippen LogP contribution in [0.1, 0.15) is 30.1 Å². The SMILES string of the molecule is CNc1nc(-c2cncn2C2CC2)nc2c1COCC2. The normalized spacial score (nSPS) is 17.9. The van der Waals surface area contributed by atoms with Gasteiger partial charge in [-0.05, 0) is 12.8 Å². The molecule has 6 nitrogen and oxygen atoms in total. The summed E-state index contributed by atoms with van der Waals surface area (Å²) in [5.41, 5.74) is 3.19. The molecule has 2 aromatic heterocycles. The smallest absolute Gasteiger partial charge is 0.180 e. The summed E-state index contributed by atoms with van der Waals surface area (Å²) in [6.45, 7) is 1.32. The van der Waals surface area contributed by atoms with Gasteiger partial charge in [-0.15, -0.1) is 0 Å². The van der Waals surface area contributed by atoms with E-state index in [1.165, 1.54) is 12.8 Å². The average molecular weight is 271 g/mol. The van der Waals surface area contributed by atoms with Crippen LogP contribution >= 0.6 is 0 Å². The van der Waals surface area contributed by atoms with E-state index in [1.807, 2.05) is 19.6 Å². The average Bonchev–Trinajstić information content (AvgIpc) is 3.23. The summed E-state index contributed by atoms with van der Waals surface area (Å²) in [5, 5.41) is 3.16. The first-order chi connectivity index (χ1) is 9.86. The van der Waals surface area contributed by atoms with Crippen molar-refractivity contribution in [2.24, 2.45) is 0 Å². The van der Waals surface area contributed by atoms with Crippen LogP contribution in [0.4, 0.5) is 5.82 Å². The number of aromatic nitrogens is 4. The third-order valence-corrected chi connectivity index (χ3v) is 3.89. The molecule has 20 heavy (non-hydrogen) atoms. The van der Waals surface area contributed by atoms with Crippen molar-refractivity contribution in [2.45, 2.75) is 31.9 Å². The molecule has 0 amide bonds. The van der Waals surface area contributed by atoms with E-state index in [0.29, 0.717) is 12.6 Å². The number of imidazole rings is 1. The molecule has 104 valence electrons. The number of nitrogens with one attached hydrogen (secondary N) is 1. The lowest BCUT2D eigenvalue weighted by molar-refractivity contribution is 0.109. The zero-order valence-corrected chi connectivity index (χ0v) is 11.5. The lowest BCUT2D eigenvalue weighted by Crippen LogP contribution is -2.16. The zero-order valence-electron chi connectivity index (χ0n) is 11.5. The van der Waals surface area contributed by atoms with E-state index in [0.717, 1.165) is 41.6 Å². The van der Waals surface area contributed by atoms with Crippen molar-refractivity contribution in [3.8, 4) is 11.5 Å². The second-order valence-corrected chi connectivity index (χ2v) is 5.29. The first-order valence-corrected chi connectivity index (χ1v) is 7.04. The van der Waals surface area contributed by atoms with Crippen LogP contribution in [0, 0.1) is 0 Å². The van der Waals surface area contributed by atoms with Crippen molar-refractivity contribution < 1.29 is 4.74 Å². The minimum atomic E-state index is 0.577. The molecule has 0 spiro atoms. The highest BCUT2D eigenvalue weighted by molar-refractivity contribution is 5.57. The van der Waals surface area contributed by atoms with Crippen LogP contribution in [0.5, 0.6) is 0 Å². The fourth-order valence-corrected chi connectivity index (χ4v) is 2.67. The van der Waals surface area contributed by atoms with Crippen molar-refractivity contribution in [1.29, 1.82) is 0 Å². The quantitative estimate of drug-likeness (QED) is 0.922. The van der Waals surface area contributed by atoms with Crippen LogP contribution in [0.25, 0.3) is 11.5 Å². The second-order valence-electron chi connectivity index (χ2n) is 5.29. The van der Waals surface area contributed by atoms with Gasteiger partial charge in [-0.1, -0.05) is 0 Å². The highest BCUT2D eigenvalue weighted by Crippen LogP contribution is 2.38. The predicted molar refractivity (Wildman–Crippen MR) is 74.4 cm³/mol. The maximum atomic E-state index is 5.50. The molecule has 1 saturated carbocycles. The van der Waals surface area contributed by atoms with Crippen LogP contribution < -0.4 is 5.32 Å². The molecule has 1 aliphatic carbocycles. The van der Waals surface area contributed by atoms with E-state index in [4.69, 9.17) is 9.72 Å². The van der Waals surface area contributed by atoms with E-state index in [9.17, 15) is 0 Å². The van der Waals surface area contributed by atoms with Crippen molar-refractivity contribution in [1.82, 2.24) is 19.5 Å². The van der Waals surface area contributed by atoms with Crippen molar-refractivity contribution in [3.05, 3.63) is 23.8 Å². The molecule has 0 aromatic carbocycles. The Bertz CT molecular complexity index is 630. The summed E-state index contributed by atoms with van der Waals surface area (Å²) in [6.07, 6.45) is 7.04. The Morgan fingerprint density at radius 1 is 1.35 bits per heavy atom.